The van der Waals surface area contributed by atoms with Gasteiger partial charge in [-0.25, -0.2) is 0 Å². The van der Waals surface area contributed by atoms with Crippen LogP contribution in [0.1, 0.15) is 5.56 Å². The van der Waals surface area contributed by atoms with Gasteiger partial charge in [0.25, 0.3) is 0 Å². The van der Waals surface area contributed by atoms with Gasteiger partial charge in [-0.15, -0.1) is 0 Å². The molecule has 0 unspecified atom stereocenters. The molecule has 2 heterocycles. The van der Waals surface area contributed by atoms with Gasteiger partial charge in [0.2, 0.25) is 12.3 Å². The number of carbonyl (C=O) groups is 2. The van der Waals surface area contributed by atoms with Crippen molar-refractivity contribution in [3.63, 3.8) is 0 Å². The predicted octanol–water partition coefficient (Wildman–Crippen LogP) is 0.601. The molecule has 1 aliphatic rings. The second kappa shape index (κ2) is 7.28. The zero-order valence-corrected chi connectivity index (χ0v) is 13.1. The molecule has 0 radical (unpaired) electrons. The number of aromatic amines is 1. The fourth-order valence-corrected chi connectivity index (χ4v) is 2.95. The van der Waals surface area contributed by atoms with Crippen molar-refractivity contribution < 1.29 is 9.59 Å². The van der Waals surface area contributed by atoms with E-state index in [-0.39, 0.29) is 5.91 Å². The number of piperazine rings is 1. The number of H-pyrrole nitrogens is 1. The molecule has 122 valence electrons. The summed E-state index contributed by atoms with van der Waals surface area (Å²) in [6.07, 6.45) is 3.77. The van der Waals surface area contributed by atoms with Crippen LogP contribution < -0.4 is 5.32 Å². The highest BCUT2D eigenvalue weighted by Gasteiger charge is 2.19. The fraction of sp³-hybridized carbons (Fsp3) is 0.412. The second-order valence-corrected chi connectivity index (χ2v) is 5.81. The molecule has 0 bridgehead atoms. The number of rotatable bonds is 6. The van der Waals surface area contributed by atoms with Crippen LogP contribution in [0.25, 0.3) is 10.9 Å². The van der Waals surface area contributed by atoms with Gasteiger partial charge in [-0.05, 0) is 24.6 Å². The molecule has 0 saturated carbocycles. The Bertz CT molecular complexity index is 674. The highest BCUT2D eigenvalue weighted by molar-refractivity contribution is 5.83. The number of amides is 2. The van der Waals surface area contributed by atoms with Crippen LogP contribution >= 0.6 is 0 Å². The van der Waals surface area contributed by atoms with Gasteiger partial charge < -0.3 is 20.1 Å². The number of fused-ring (bicyclic) bond motifs is 1. The molecule has 1 fully saturated rings. The third-order valence-corrected chi connectivity index (χ3v) is 4.34. The summed E-state index contributed by atoms with van der Waals surface area (Å²) in [4.78, 5) is 29.6. The number of nitrogens with one attached hydrogen (secondary N) is 2. The number of benzene rings is 1. The highest BCUT2D eigenvalue weighted by Crippen LogP contribution is 2.17. The molecule has 2 amide bonds. The predicted molar refractivity (Wildman–Crippen MR) is 89.1 cm³/mol. The molecule has 23 heavy (non-hydrogen) atoms. The Kier molecular flexibility index (Phi) is 4.92. The lowest BCUT2D eigenvalue weighted by atomic mass is 10.1. The van der Waals surface area contributed by atoms with E-state index in [2.05, 4.69) is 22.4 Å². The lowest BCUT2D eigenvalue weighted by molar-refractivity contribution is -0.134. The maximum absolute atomic E-state index is 12.1. The highest BCUT2D eigenvalue weighted by atomic mass is 16.2. The zero-order valence-electron chi connectivity index (χ0n) is 13.1. The van der Waals surface area contributed by atoms with Gasteiger partial charge >= 0.3 is 0 Å². The van der Waals surface area contributed by atoms with Crippen LogP contribution in [0, 0.1) is 0 Å². The Labute approximate surface area is 135 Å². The van der Waals surface area contributed by atoms with E-state index >= 15 is 0 Å². The minimum atomic E-state index is 0.106. The van der Waals surface area contributed by atoms with Crippen molar-refractivity contribution in [1.82, 2.24) is 20.1 Å². The van der Waals surface area contributed by atoms with Crippen LogP contribution in [0.2, 0.25) is 0 Å². The molecule has 1 saturated heterocycles. The van der Waals surface area contributed by atoms with Crippen molar-refractivity contribution in [2.75, 3.05) is 39.3 Å². The average molecular weight is 314 g/mol. The molecule has 1 aliphatic heterocycles. The molecular weight excluding hydrogens is 292 g/mol. The summed E-state index contributed by atoms with van der Waals surface area (Å²) in [5.74, 6) is 0.106. The molecule has 1 aromatic heterocycles. The number of carbonyl (C=O) groups excluding carboxylic acids is 2. The van der Waals surface area contributed by atoms with Crippen LogP contribution in [0.4, 0.5) is 0 Å². The summed E-state index contributed by atoms with van der Waals surface area (Å²) < 4.78 is 0. The third kappa shape index (κ3) is 3.71. The van der Waals surface area contributed by atoms with E-state index in [1.165, 1.54) is 10.9 Å². The number of hydrogen-bond donors (Lipinski definition) is 2. The lowest BCUT2D eigenvalue weighted by Gasteiger charge is -2.32. The maximum Gasteiger partial charge on any atom is 0.236 e. The normalized spacial score (nSPS) is 15.1. The topological polar surface area (TPSA) is 68.4 Å². The van der Waals surface area contributed by atoms with Crippen molar-refractivity contribution >= 4 is 23.2 Å². The summed E-state index contributed by atoms with van der Waals surface area (Å²) in [5, 5.41) is 4.46. The molecule has 6 heteroatoms. The van der Waals surface area contributed by atoms with Crippen LogP contribution in [-0.2, 0) is 16.0 Å². The minimum absolute atomic E-state index is 0.106. The molecule has 0 aliphatic carbocycles. The molecule has 0 atom stereocenters. The largest absolute Gasteiger partial charge is 0.361 e. The van der Waals surface area contributed by atoms with E-state index in [0.717, 1.165) is 24.9 Å². The van der Waals surface area contributed by atoms with Crippen molar-refractivity contribution in [2.45, 2.75) is 6.42 Å². The monoisotopic (exact) mass is 314 g/mol. The fourth-order valence-electron chi connectivity index (χ4n) is 2.95. The van der Waals surface area contributed by atoms with Gasteiger partial charge in [-0.1, -0.05) is 18.2 Å². The van der Waals surface area contributed by atoms with Crippen molar-refractivity contribution in [3.05, 3.63) is 36.0 Å². The Hall–Kier alpha value is -2.34. The summed E-state index contributed by atoms with van der Waals surface area (Å²) in [6.45, 7) is 3.63. The van der Waals surface area contributed by atoms with Gasteiger partial charge in [0.05, 0.1) is 6.54 Å². The molecule has 2 aromatic rings. The van der Waals surface area contributed by atoms with Crippen LogP contribution in [0.3, 0.4) is 0 Å². The first-order valence-electron chi connectivity index (χ1n) is 8.01. The van der Waals surface area contributed by atoms with Gasteiger partial charge in [-0.2, -0.15) is 0 Å². The number of aromatic nitrogens is 1. The number of hydrogen-bond acceptors (Lipinski definition) is 3. The molecule has 1 aromatic carbocycles. The summed E-state index contributed by atoms with van der Waals surface area (Å²) >= 11 is 0. The van der Waals surface area contributed by atoms with E-state index in [0.29, 0.717) is 32.7 Å². The second-order valence-electron chi connectivity index (χ2n) is 5.81. The van der Waals surface area contributed by atoms with Gasteiger partial charge in [0.1, 0.15) is 0 Å². The van der Waals surface area contributed by atoms with Gasteiger partial charge in [0, 0.05) is 43.3 Å². The first-order chi connectivity index (χ1) is 11.3. The van der Waals surface area contributed by atoms with E-state index in [1.807, 2.05) is 23.2 Å². The first kappa shape index (κ1) is 15.6. The lowest BCUT2D eigenvalue weighted by Crippen LogP contribution is -2.50. The van der Waals surface area contributed by atoms with Crippen LogP contribution in [0.15, 0.2) is 30.5 Å². The standard InChI is InChI=1S/C17H22N4O2/c22-13-20-7-9-21(10-8-20)17(23)12-18-6-5-14-11-19-16-4-2-1-3-15(14)16/h1-4,11,13,18-19H,5-10,12H2. The van der Waals surface area contributed by atoms with E-state index < -0.39 is 0 Å². The Balaban J connectivity index is 1.41. The van der Waals surface area contributed by atoms with Gasteiger partial charge in [-0.3, -0.25) is 9.59 Å². The zero-order chi connectivity index (χ0) is 16.1. The van der Waals surface area contributed by atoms with Crippen molar-refractivity contribution in [2.24, 2.45) is 0 Å². The van der Waals surface area contributed by atoms with E-state index in [1.54, 1.807) is 4.90 Å². The molecular formula is C17H22N4O2. The average Bonchev–Trinajstić information content (AvgIpc) is 3.02. The number of para-hydroxylation sites is 1. The van der Waals surface area contributed by atoms with Crippen molar-refractivity contribution in [1.29, 1.82) is 0 Å². The Morgan fingerprint density at radius 1 is 1.22 bits per heavy atom. The van der Waals surface area contributed by atoms with Crippen molar-refractivity contribution in [3.8, 4) is 0 Å². The summed E-state index contributed by atoms with van der Waals surface area (Å²) in [6, 6.07) is 8.23. The van der Waals surface area contributed by atoms with Crippen LogP contribution in [0.5, 0.6) is 0 Å². The van der Waals surface area contributed by atoms with E-state index in [4.69, 9.17) is 0 Å². The molecule has 0 spiro atoms. The SMILES string of the molecule is O=CN1CCN(C(=O)CNCCc2c[nH]c3ccccc23)CC1. The Morgan fingerprint density at radius 3 is 2.78 bits per heavy atom. The molecule has 6 nitrogen and oxygen atoms in total. The number of nitrogens with zero attached hydrogens (tertiary/aromatic N) is 2. The summed E-state index contributed by atoms with van der Waals surface area (Å²) in [5.41, 5.74) is 2.41. The van der Waals surface area contributed by atoms with Gasteiger partial charge in [0.15, 0.2) is 0 Å². The minimum Gasteiger partial charge on any atom is -0.361 e. The molecule has 2 N–H and O–H groups in total. The smallest absolute Gasteiger partial charge is 0.236 e. The quantitative estimate of drug-likeness (QED) is 0.606. The third-order valence-electron chi connectivity index (χ3n) is 4.34. The van der Waals surface area contributed by atoms with Crippen LogP contribution in [-0.4, -0.2) is 66.4 Å². The van der Waals surface area contributed by atoms with E-state index in [9.17, 15) is 9.59 Å². The summed E-state index contributed by atoms with van der Waals surface area (Å²) in [7, 11) is 0. The molecule has 3 rings (SSSR count). The Morgan fingerprint density at radius 2 is 2.00 bits per heavy atom. The first-order valence-corrected chi connectivity index (χ1v) is 8.01. The maximum atomic E-state index is 12.1.